The summed E-state index contributed by atoms with van der Waals surface area (Å²) in [6, 6.07) is 8.52. The molecule has 1 amide bonds. The summed E-state index contributed by atoms with van der Waals surface area (Å²) in [6.07, 6.45) is 7.27. The lowest BCUT2D eigenvalue weighted by molar-refractivity contribution is -0.162. The lowest BCUT2D eigenvalue weighted by Gasteiger charge is -2.60. The van der Waals surface area contributed by atoms with Gasteiger partial charge in [0.15, 0.2) is 6.61 Å². The molecule has 6 nitrogen and oxygen atoms in total. The van der Waals surface area contributed by atoms with Crippen molar-refractivity contribution < 1.29 is 19.4 Å². The molecule has 0 atom stereocenters. The number of rotatable bonds is 7. The third-order valence-electron chi connectivity index (χ3n) is 6.97. The second-order valence-corrected chi connectivity index (χ2v) is 9.10. The standard InChI is InChI=1S/C23H28N2O4/c24-6-1-7-25(23-12-17-8-18(13-23)10-19(9-17)14-23)21(27)15-29-22(28)11-16-2-4-20(26)5-3-16/h2-5,17-19,26H,1,7-15H2. The van der Waals surface area contributed by atoms with Crippen molar-refractivity contribution >= 4 is 11.9 Å². The van der Waals surface area contributed by atoms with Gasteiger partial charge in [0.1, 0.15) is 5.75 Å². The number of carbonyl (C=O) groups is 2. The Balaban J connectivity index is 1.39. The van der Waals surface area contributed by atoms with E-state index in [2.05, 4.69) is 6.07 Å². The molecule has 0 spiro atoms. The normalized spacial score (nSPS) is 29.3. The van der Waals surface area contributed by atoms with Gasteiger partial charge in [-0.1, -0.05) is 12.1 Å². The van der Waals surface area contributed by atoms with Crippen LogP contribution in [0, 0.1) is 29.1 Å². The Hall–Kier alpha value is -2.55. The van der Waals surface area contributed by atoms with Crippen molar-refractivity contribution in [2.75, 3.05) is 13.2 Å². The van der Waals surface area contributed by atoms with Crippen LogP contribution in [0.4, 0.5) is 0 Å². The lowest BCUT2D eigenvalue weighted by Crippen LogP contribution is -2.62. The predicted molar refractivity (Wildman–Crippen MR) is 106 cm³/mol. The van der Waals surface area contributed by atoms with Crippen molar-refractivity contribution in [1.82, 2.24) is 4.90 Å². The highest BCUT2D eigenvalue weighted by molar-refractivity contribution is 5.82. The molecule has 6 heteroatoms. The molecule has 5 rings (SSSR count). The van der Waals surface area contributed by atoms with E-state index in [0.717, 1.165) is 24.8 Å². The number of phenols is 1. The highest BCUT2D eigenvalue weighted by Crippen LogP contribution is 2.57. The molecular weight excluding hydrogens is 368 g/mol. The first-order valence-electron chi connectivity index (χ1n) is 10.6. The minimum absolute atomic E-state index is 0.0587. The molecule has 4 fully saturated rings. The number of hydrogen-bond donors (Lipinski definition) is 1. The number of hydrogen-bond acceptors (Lipinski definition) is 5. The minimum Gasteiger partial charge on any atom is -0.508 e. The molecule has 154 valence electrons. The topological polar surface area (TPSA) is 90.6 Å². The number of aromatic hydroxyl groups is 1. The minimum atomic E-state index is -0.463. The maximum atomic E-state index is 13.1. The average molecular weight is 396 g/mol. The zero-order valence-electron chi connectivity index (χ0n) is 16.7. The Kier molecular flexibility index (Phi) is 5.49. The Morgan fingerprint density at radius 3 is 2.24 bits per heavy atom. The first-order valence-corrected chi connectivity index (χ1v) is 10.6. The van der Waals surface area contributed by atoms with Gasteiger partial charge in [-0.25, -0.2) is 0 Å². The molecule has 1 aromatic carbocycles. The van der Waals surface area contributed by atoms with E-state index in [-0.39, 0.29) is 30.2 Å². The number of benzene rings is 1. The summed E-state index contributed by atoms with van der Waals surface area (Å²) in [5, 5.41) is 18.4. The van der Waals surface area contributed by atoms with Crippen LogP contribution in [-0.2, 0) is 20.7 Å². The van der Waals surface area contributed by atoms with Gasteiger partial charge in [0.05, 0.1) is 18.9 Å². The quantitative estimate of drug-likeness (QED) is 0.715. The average Bonchev–Trinajstić information content (AvgIpc) is 2.67. The largest absolute Gasteiger partial charge is 0.508 e. The highest BCUT2D eigenvalue weighted by Gasteiger charge is 2.54. The second kappa shape index (κ2) is 8.06. The van der Waals surface area contributed by atoms with Crippen molar-refractivity contribution in [3.05, 3.63) is 29.8 Å². The number of nitrogens with zero attached hydrogens (tertiary/aromatic N) is 2. The van der Waals surface area contributed by atoms with Crippen LogP contribution in [0.25, 0.3) is 0 Å². The van der Waals surface area contributed by atoms with Crippen LogP contribution in [0.15, 0.2) is 24.3 Å². The third kappa shape index (κ3) is 4.24. The molecule has 0 heterocycles. The number of phenolic OH excluding ortho intramolecular Hbond substituents is 1. The Morgan fingerprint density at radius 1 is 1.10 bits per heavy atom. The molecule has 4 bridgehead atoms. The fraction of sp³-hybridized carbons (Fsp3) is 0.609. The number of nitriles is 1. The summed E-state index contributed by atoms with van der Waals surface area (Å²) in [4.78, 5) is 27.1. The van der Waals surface area contributed by atoms with Gasteiger partial charge in [-0.05, 0) is 74.0 Å². The molecule has 0 aromatic heterocycles. The molecule has 4 aliphatic carbocycles. The summed E-state index contributed by atoms with van der Waals surface area (Å²) in [6.45, 7) is 0.140. The van der Waals surface area contributed by atoms with Gasteiger partial charge < -0.3 is 14.7 Å². The second-order valence-electron chi connectivity index (χ2n) is 9.10. The monoisotopic (exact) mass is 396 g/mol. The first-order chi connectivity index (χ1) is 14.0. The van der Waals surface area contributed by atoms with Crippen LogP contribution in [0.1, 0.15) is 50.5 Å². The zero-order chi connectivity index (χ0) is 20.4. The highest BCUT2D eigenvalue weighted by atomic mass is 16.5. The van der Waals surface area contributed by atoms with Crippen molar-refractivity contribution in [2.24, 2.45) is 17.8 Å². The molecule has 29 heavy (non-hydrogen) atoms. The van der Waals surface area contributed by atoms with Gasteiger partial charge in [0.25, 0.3) is 5.91 Å². The SMILES string of the molecule is N#CCCN(C(=O)COC(=O)Cc1ccc(O)cc1)C12CC3CC(CC(C3)C1)C2. The lowest BCUT2D eigenvalue weighted by atomic mass is 9.52. The fourth-order valence-corrected chi connectivity index (χ4v) is 6.24. The summed E-state index contributed by atoms with van der Waals surface area (Å²) < 4.78 is 5.29. The van der Waals surface area contributed by atoms with Crippen molar-refractivity contribution in [3.8, 4) is 11.8 Å². The first kappa shape index (κ1) is 19.8. The van der Waals surface area contributed by atoms with E-state index in [1.807, 2.05) is 4.90 Å². The van der Waals surface area contributed by atoms with Gasteiger partial charge in [-0.3, -0.25) is 9.59 Å². The van der Waals surface area contributed by atoms with E-state index in [1.54, 1.807) is 12.1 Å². The number of carbonyl (C=O) groups excluding carboxylic acids is 2. The van der Waals surface area contributed by atoms with E-state index < -0.39 is 5.97 Å². The van der Waals surface area contributed by atoms with Gasteiger partial charge in [-0.2, -0.15) is 5.26 Å². The van der Waals surface area contributed by atoms with Crippen LogP contribution < -0.4 is 0 Å². The van der Waals surface area contributed by atoms with Gasteiger partial charge >= 0.3 is 5.97 Å². The van der Waals surface area contributed by atoms with Gasteiger partial charge in [0, 0.05) is 12.1 Å². The Bertz CT molecular complexity index is 776. The number of amides is 1. The maximum Gasteiger partial charge on any atom is 0.310 e. The number of ether oxygens (including phenoxy) is 1. The summed E-state index contributed by atoms with van der Waals surface area (Å²) in [5.41, 5.74) is 0.578. The maximum absolute atomic E-state index is 13.1. The molecule has 0 saturated heterocycles. The van der Waals surface area contributed by atoms with Crippen LogP contribution >= 0.6 is 0 Å². The molecule has 1 aromatic rings. The summed E-state index contributed by atoms with van der Waals surface area (Å²) >= 11 is 0. The number of esters is 1. The molecule has 0 aliphatic heterocycles. The fourth-order valence-electron chi connectivity index (χ4n) is 6.24. The van der Waals surface area contributed by atoms with E-state index in [4.69, 9.17) is 10.00 Å². The van der Waals surface area contributed by atoms with E-state index in [9.17, 15) is 14.7 Å². The zero-order valence-corrected chi connectivity index (χ0v) is 16.7. The van der Waals surface area contributed by atoms with Gasteiger partial charge in [-0.15, -0.1) is 0 Å². The molecular formula is C23H28N2O4. The van der Waals surface area contributed by atoms with Crippen LogP contribution in [0.5, 0.6) is 5.75 Å². The van der Waals surface area contributed by atoms with Crippen LogP contribution in [0.2, 0.25) is 0 Å². The van der Waals surface area contributed by atoms with Crippen molar-refractivity contribution in [1.29, 1.82) is 5.26 Å². The summed E-state index contributed by atoms with van der Waals surface area (Å²) in [7, 11) is 0. The summed E-state index contributed by atoms with van der Waals surface area (Å²) in [5.74, 6) is 1.57. The smallest absolute Gasteiger partial charge is 0.310 e. The third-order valence-corrected chi connectivity index (χ3v) is 6.97. The molecule has 4 saturated carbocycles. The van der Waals surface area contributed by atoms with Crippen molar-refractivity contribution in [3.63, 3.8) is 0 Å². The van der Waals surface area contributed by atoms with Crippen molar-refractivity contribution in [2.45, 2.75) is 56.9 Å². The van der Waals surface area contributed by atoms with E-state index in [1.165, 1.54) is 31.4 Å². The Morgan fingerprint density at radius 2 is 1.69 bits per heavy atom. The molecule has 1 N–H and O–H groups in total. The van der Waals surface area contributed by atoms with Crippen LogP contribution in [-0.4, -0.2) is 40.6 Å². The molecule has 4 aliphatic rings. The van der Waals surface area contributed by atoms with E-state index in [0.29, 0.717) is 30.7 Å². The van der Waals surface area contributed by atoms with E-state index >= 15 is 0 Å². The molecule has 0 unspecified atom stereocenters. The van der Waals surface area contributed by atoms with Crippen LogP contribution in [0.3, 0.4) is 0 Å². The molecule has 0 radical (unpaired) electrons. The Labute approximate surface area is 171 Å². The van der Waals surface area contributed by atoms with Gasteiger partial charge in [0.2, 0.25) is 0 Å². The predicted octanol–water partition coefficient (Wildman–Crippen LogP) is 3.19.